The molecule has 0 bridgehead atoms. The van der Waals surface area contributed by atoms with Gasteiger partial charge in [0.1, 0.15) is 4.88 Å². The molecule has 1 fully saturated rings. The zero-order valence-corrected chi connectivity index (χ0v) is 10.3. The summed E-state index contributed by atoms with van der Waals surface area (Å²) in [5.74, 6) is -0.0481. The minimum Gasteiger partial charge on any atom is -0.347 e. The number of nitrogens with one attached hydrogen (secondary N) is 2. The Balaban J connectivity index is 1.99. The Labute approximate surface area is 98.8 Å². The van der Waals surface area contributed by atoms with Crippen LogP contribution in [0.4, 0.5) is 0 Å². The quantitative estimate of drug-likeness (QED) is 0.799. The van der Waals surface area contributed by atoms with Gasteiger partial charge in [0.25, 0.3) is 5.91 Å². The third-order valence-corrected chi connectivity index (χ3v) is 3.76. The summed E-state index contributed by atoms with van der Waals surface area (Å²) in [6.45, 7) is 4.94. The lowest BCUT2D eigenvalue weighted by atomic mass is 10.00. The van der Waals surface area contributed by atoms with Gasteiger partial charge in [0, 0.05) is 12.1 Å². The van der Waals surface area contributed by atoms with Gasteiger partial charge in [-0.2, -0.15) is 0 Å². The molecule has 1 aliphatic heterocycles. The van der Waals surface area contributed by atoms with Crippen LogP contribution >= 0.6 is 11.5 Å². The zero-order chi connectivity index (χ0) is 11.5. The second kappa shape index (κ2) is 4.88. The molecule has 0 radical (unpaired) electrons. The highest BCUT2D eigenvalue weighted by molar-refractivity contribution is 7.08. The van der Waals surface area contributed by atoms with Crippen molar-refractivity contribution in [2.45, 2.75) is 38.8 Å². The first-order chi connectivity index (χ1) is 7.68. The highest BCUT2D eigenvalue weighted by atomic mass is 32.1. The fourth-order valence-electron chi connectivity index (χ4n) is 1.91. The van der Waals surface area contributed by atoms with Gasteiger partial charge >= 0.3 is 0 Å². The number of amides is 1. The monoisotopic (exact) mass is 240 g/mol. The van der Waals surface area contributed by atoms with E-state index in [9.17, 15) is 4.79 Å². The lowest BCUT2D eigenvalue weighted by Gasteiger charge is -2.30. The average Bonchev–Trinajstić information content (AvgIpc) is 2.68. The van der Waals surface area contributed by atoms with Gasteiger partial charge in [-0.25, -0.2) is 0 Å². The number of hydrogen-bond donors (Lipinski definition) is 2. The maximum absolute atomic E-state index is 11.9. The number of nitrogens with zero attached hydrogens (tertiary/aromatic N) is 2. The van der Waals surface area contributed by atoms with Crippen LogP contribution < -0.4 is 10.6 Å². The van der Waals surface area contributed by atoms with Crippen molar-refractivity contribution in [1.29, 1.82) is 0 Å². The highest BCUT2D eigenvalue weighted by Crippen LogP contribution is 2.12. The SMILES string of the molecule is Cc1nnsc1C(=O)NC1CCCNC1C. The van der Waals surface area contributed by atoms with Gasteiger partial charge in [-0.05, 0) is 44.8 Å². The fourth-order valence-corrected chi connectivity index (χ4v) is 2.47. The van der Waals surface area contributed by atoms with Gasteiger partial charge < -0.3 is 10.6 Å². The molecular weight excluding hydrogens is 224 g/mol. The predicted octanol–water partition coefficient (Wildman–Crippen LogP) is 0.717. The number of carbonyl (C=O) groups excluding carboxylic acids is 1. The summed E-state index contributed by atoms with van der Waals surface area (Å²) < 4.78 is 3.77. The maximum Gasteiger partial charge on any atom is 0.265 e. The van der Waals surface area contributed by atoms with Crippen molar-refractivity contribution >= 4 is 17.4 Å². The van der Waals surface area contributed by atoms with Gasteiger partial charge in [0.15, 0.2) is 0 Å². The van der Waals surface area contributed by atoms with Crippen LogP contribution in [0.15, 0.2) is 0 Å². The Hall–Kier alpha value is -1.01. The van der Waals surface area contributed by atoms with Gasteiger partial charge in [-0.15, -0.1) is 5.10 Å². The molecule has 5 nitrogen and oxygen atoms in total. The molecule has 1 aromatic heterocycles. The van der Waals surface area contributed by atoms with Crippen LogP contribution in [0.5, 0.6) is 0 Å². The van der Waals surface area contributed by atoms with Gasteiger partial charge in [0.05, 0.1) is 5.69 Å². The highest BCUT2D eigenvalue weighted by Gasteiger charge is 2.24. The maximum atomic E-state index is 11.9. The number of carbonyl (C=O) groups is 1. The van der Waals surface area contributed by atoms with Crippen LogP contribution in [0, 0.1) is 6.92 Å². The van der Waals surface area contributed by atoms with Crippen molar-refractivity contribution < 1.29 is 4.79 Å². The Kier molecular flexibility index (Phi) is 3.50. The fraction of sp³-hybridized carbons (Fsp3) is 0.700. The largest absolute Gasteiger partial charge is 0.347 e. The summed E-state index contributed by atoms with van der Waals surface area (Å²) in [6, 6.07) is 0.543. The number of aromatic nitrogens is 2. The second-order valence-electron chi connectivity index (χ2n) is 4.15. The molecule has 88 valence electrons. The first-order valence-corrected chi connectivity index (χ1v) is 6.29. The van der Waals surface area contributed by atoms with Crippen LogP contribution in [0.1, 0.15) is 35.1 Å². The first-order valence-electron chi connectivity index (χ1n) is 5.51. The topological polar surface area (TPSA) is 66.9 Å². The molecule has 1 aliphatic rings. The summed E-state index contributed by atoms with van der Waals surface area (Å²) in [6.07, 6.45) is 2.14. The van der Waals surface area contributed by atoms with Crippen molar-refractivity contribution in [3.05, 3.63) is 10.6 Å². The molecule has 6 heteroatoms. The summed E-state index contributed by atoms with van der Waals surface area (Å²) in [5, 5.41) is 10.2. The van der Waals surface area contributed by atoms with Crippen LogP contribution in [-0.2, 0) is 0 Å². The van der Waals surface area contributed by atoms with E-state index >= 15 is 0 Å². The van der Waals surface area contributed by atoms with Crippen molar-refractivity contribution in [3.8, 4) is 0 Å². The molecule has 0 aromatic carbocycles. The lowest BCUT2D eigenvalue weighted by Crippen LogP contribution is -2.51. The van der Waals surface area contributed by atoms with Crippen LogP contribution in [-0.4, -0.2) is 34.1 Å². The summed E-state index contributed by atoms with van der Waals surface area (Å²) in [5.41, 5.74) is 0.707. The Morgan fingerprint density at radius 3 is 3.06 bits per heavy atom. The molecule has 0 aliphatic carbocycles. The summed E-state index contributed by atoms with van der Waals surface area (Å²) >= 11 is 1.15. The van der Waals surface area contributed by atoms with E-state index in [0.29, 0.717) is 16.6 Å². The van der Waals surface area contributed by atoms with Crippen molar-refractivity contribution in [2.75, 3.05) is 6.54 Å². The molecule has 0 saturated carbocycles. The van der Waals surface area contributed by atoms with E-state index in [4.69, 9.17) is 0 Å². The van der Waals surface area contributed by atoms with E-state index < -0.39 is 0 Å². The number of aryl methyl sites for hydroxylation is 1. The summed E-state index contributed by atoms with van der Waals surface area (Å²) in [4.78, 5) is 12.6. The second-order valence-corrected chi connectivity index (χ2v) is 4.91. The standard InChI is InChI=1S/C10H16N4OS/c1-6-8(4-3-5-11-6)12-10(15)9-7(2)13-14-16-9/h6,8,11H,3-5H2,1-2H3,(H,12,15). The molecule has 2 N–H and O–H groups in total. The van der Waals surface area contributed by atoms with Crippen molar-refractivity contribution in [1.82, 2.24) is 20.2 Å². The molecule has 2 atom stereocenters. The number of hydrogen-bond acceptors (Lipinski definition) is 5. The molecule has 1 amide bonds. The van der Waals surface area contributed by atoms with Gasteiger partial charge in [-0.1, -0.05) is 4.49 Å². The van der Waals surface area contributed by atoms with E-state index in [1.54, 1.807) is 6.92 Å². The van der Waals surface area contributed by atoms with Gasteiger partial charge in [0.2, 0.25) is 0 Å². The molecule has 2 rings (SSSR count). The Morgan fingerprint density at radius 2 is 2.44 bits per heavy atom. The van der Waals surface area contributed by atoms with Crippen molar-refractivity contribution in [2.24, 2.45) is 0 Å². The molecule has 1 saturated heterocycles. The van der Waals surface area contributed by atoms with Crippen LogP contribution in [0.25, 0.3) is 0 Å². The minimum atomic E-state index is -0.0481. The molecule has 2 unspecified atom stereocenters. The van der Waals surface area contributed by atoms with Crippen molar-refractivity contribution in [3.63, 3.8) is 0 Å². The minimum absolute atomic E-state index is 0.0481. The summed E-state index contributed by atoms with van der Waals surface area (Å²) in [7, 11) is 0. The van der Waals surface area contributed by atoms with Crippen LogP contribution in [0.2, 0.25) is 0 Å². The lowest BCUT2D eigenvalue weighted by molar-refractivity contribution is 0.0923. The molecular formula is C10H16N4OS. The third kappa shape index (κ3) is 2.38. The predicted molar refractivity (Wildman–Crippen MR) is 62.6 cm³/mol. The Bertz CT molecular complexity index is 379. The molecule has 0 spiro atoms. The molecule has 1 aromatic rings. The normalized spacial score (nSPS) is 25.4. The van der Waals surface area contributed by atoms with E-state index in [-0.39, 0.29) is 11.9 Å². The molecule has 2 heterocycles. The zero-order valence-electron chi connectivity index (χ0n) is 9.49. The van der Waals surface area contributed by atoms with E-state index in [0.717, 1.165) is 30.9 Å². The smallest absolute Gasteiger partial charge is 0.265 e. The Morgan fingerprint density at radius 1 is 1.62 bits per heavy atom. The number of rotatable bonds is 2. The third-order valence-electron chi connectivity index (χ3n) is 2.94. The molecule has 16 heavy (non-hydrogen) atoms. The number of piperidine rings is 1. The average molecular weight is 240 g/mol. The van der Waals surface area contributed by atoms with E-state index in [1.807, 2.05) is 0 Å². The van der Waals surface area contributed by atoms with E-state index in [1.165, 1.54) is 0 Å². The first kappa shape index (κ1) is 11.5. The van der Waals surface area contributed by atoms with Gasteiger partial charge in [-0.3, -0.25) is 4.79 Å². The van der Waals surface area contributed by atoms with E-state index in [2.05, 4.69) is 27.1 Å². The van der Waals surface area contributed by atoms with Crippen LogP contribution in [0.3, 0.4) is 0 Å².